The molecule has 0 spiro atoms. The fourth-order valence-corrected chi connectivity index (χ4v) is 2.81. The molecule has 29 heavy (non-hydrogen) atoms. The molecule has 0 saturated heterocycles. The van der Waals surface area contributed by atoms with E-state index in [-0.39, 0.29) is 24.0 Å². The van der Waals surface area contributed by atoms with E-state index in [1.54, 1.807) is 17.9 Å². The summed E-state index contributed by atoms with van der Waals surface area (Å²) in [6.07, 6.45) is 3.30. The van der Waals surface area contributed by atoms with E-state index in [1.165, 1.54) is 6.33 Å². The number of aromatic nitrogens is 4. The Labute approximate surface area is 187 Å². The van der Waals surface area contributed by atoms with Crippen molar-refractivity contribution in [1.29, 1.82) is 0 Å². The molecule has 2 heterocycles. The van der Waals surface area contributed by atoms with E-state index < -0.39 is 0 Å². The molecule has 0 unspecified atom stereocenters. The molecule has 3 rings (SSSR count). The lowest BCUT2D eigenvalue weighted by Crippen LogP contribution is -2.39. The summed E-state index contributed by atoms with van der Waals surface area (Å²) in [6.45, 7) is 4.61. The molecule has 0 amide bonds. The Morgan fingerprint density at radius 2 is 2.00 bits per heavy atom. The van der Waals surface area contributed by atoms with Gasteiger partial charge >= 0.3 is 0 Å². The van der Waals surface area contributed by atoms with Crippen LogP contribution in [0.15, 0.2) is 41.8 Å². The van der Waals surface area contributed by atoms with Gasteiger partial charge in [-0.05, 0) is 13.0 Å². The zero-order chi connectivity index (χ0) is 19.8. The number of rotatable bonds is 8. The number of fused-ring (bicyclic) bond motifs is 1. The molecule has 0 aliphatic carbocycles. The van der Waals surface area contributed by atoms with Crippen LogP contribution in [0.3, 0.4) is 0 Å². The summed E-state index contributed by atoms with van der Waals surface area (Å²) >= 11 is 0. The number of hydrogen-bond acceptors (Lipinski definition) is 6. The Kier molecular flexibility index (Phi) is 8.90. The van der Waals surface area contributed by atoms with Gasteiger partial charge in [0.1, 0.15) is 17.9 Å². The van der Waals surface area contributed by atoms with Gasteiger partial charge in [-0.15, -0.1) is 24.0 Å². The second-order valence-corrected chi connectivity index (χ2v) is 6.05. The Bertz CT molecular complexity index is 943. The van der Waals surface area contributed by atoms with Gasteiger partial charge in [-0.1, -0.05) is 18.2 Å². The van der Waals surface area contributed by atoms with Gasteiger partial charge in [0.15, 0.2) is 11.6 Å². The topological polar surface area (TPSA) is 101 Å². The molecule has 3 aromatic rings. The molecule has 0 bridgehead atoms. The SMILES string of the molecule is CCOc1ccccc1CNC(=NC)NCCNc1ncnc2c1cnn2C.I. The minimum Gasteiger partial charge on any atom is -0.494 e. The van der Waals surface area contributed by atoms with Crippen molar-refractivity contribution in [3.63, 3.8) is 0 Å². The average Bonchev–Trinajstić information content (AvgIpc) is 3.10. The largest absolute Gasteiger partial charge is 0.494 e. The highest BCUT2D eigenvalue weighted by Gasteiger charge is 2.07. The van der Waals surface area contributed by atoms with Gasteiger partial charge in [-0.2, -0.15) is 5.10 Å². The van der Waals surface area contributed by atoms with Crippen LogP contribution in [-0.2, 0) is 13.6 Å². The third-order valence-corrected chi connectivity index (χ3v) is 4.18. The molecule has 0 saturated carbocycles. The quantitative estimate of drug-likeness (QED) is 0.185. The predicted molar refractivity (Wildman–Crippen MR) is 126 cm³/mol. The molecule has 156 valence electrons. The number of benzene rings is 1. The van der Waals surface area contributed by atoms with Crippen molar-refractivity contribution in [3.05, 3.63) is 42.4 Å². The fraction of sp³-hybridized carbons (Fsp3) is 0.368. The minimum absolute atomic E-state index is 0. The average molecular weight is 510 g/mol. The molecular weight excluding hydrogens is 483 g/mol. The first-order valence-corrected chi connectivity index (χ1v) is 9.24. The molecule has 0 fully saturated rings. The van der Waals surface area contributed by atoms with Gasteiger partial charge in [0.25, 0.3) is 0 Å². The lowest BCUT2D eigenvalue weighted by molar-refractivity contribution is 0.336. The van der Waals surface area contributed by atoms with Crippen molar-refractivity contribution in [2.24, 2.45) is 12.0 Å². The Morgan fingerprint density at radius 1 is 1.17 bits per heavy atom. The first-order chi connectivity index (χ1) is 13.7. The summed E-state index contributed by atoms with van der Waals surface area (Å²) in [6, 6.07) is 7.99. The van der Waals surface area contributed by atoms with E-state index in [9.17, 15) is 0 Å². The van der Waals surface area contributed by atoms with E-state index in [0.717, 1.165) is 34.1 Å². The van der Waals surface area contributed by atoms with Crippen LogP contribution in [0.25, 0.3) is 11.0 Å². The van der Waals surface area contributed by atoms with Gasteiger partial charge in [0, 0.05) is 39.3 Å². The van der Waals surface area contributed by atoms with Crippen LogP contribution in [0.4, 0.5) is 5.82 Å². The molecule has 2 aromatic heterocycles. The summed E-state index contributed by atoms with van der Waals surface area (Å²) in [4.78, 5) is 12.8. The third-order valence-electron chi connectivity index (χ3n) is 4.18. The van der Waals surface area contributed by atoms with Crippen LogP contribution in [0.1, 0.15) is 12.5 Å². The first kappa shape index (κ1) is 22.7. The predicted octanol–water partition coefficient (Wildman–Crippen LogP) is 2.16. The van der Waals surface area contributed by atoms with Crippen LogP contribution in [0.5, 0.6) is 5.75 Å². The number of anilines is 1. The number of aryl methyl sites for hydroxylation is 1. The molecule has 0 aliphatic rings. The highest BCUT2D eigenvalue weighted by molar-refractivity contribution is 14.0. The summed E-state index contributed by atoms with van der Waals surface area (Å²) in [5, 5.41) is 15.0. The lowest BCUT2D eigenvalue weighted by atomic mass is 10.2. The highest BCUT2D eigenvalue weighted by Crippen LogP contribution is 2.18. The van der Waals surface area contributed by atoms with Crippen molar-refractivity contribution in [1.82, 2.24) is 30.4 Å². The van der Waals surface area contributed by atoms with Crippen LogP contribution < -0.4 is 20.7 Å². The molecule has 9 nitrogen and oxygen atoms in total. The van der Waals surface area contributed by atoms with Crippen LogP contribution in [-0.4, -0.2) is 52.5 Å². The summed E-state index contributed by atoms with van der Waals surface area (Å²) in [7, 11) is 3.61. The van der Waals surface area contributed by atoms with Gasteiger partial charge in [0.2, 0.25) is 0 Å². The van der Waals surface area contributed by atoms with Gasteiger partial charge in [0.05, 0.1) is 18.2 Å². The summed E-state index contributed by atoms with van der Waals surface area (Å²) < 4.78 is 7.39. The second-order valence-electron chi connectivity index (χ2n) is 6.05. The molecule has 3 N–H and O–H groups in total. The van der Waals surface area contributed by atoms with E-state index >= 15 is 0 Å². The smallest absolute Gasteiger partial charge is 0.191 e. The van der Waals surface area contributed by atoms with Gasteiger partial charge < -0.3 is 20.7 Å². The number of nitrogens with zero attached hydrogens (tertiary/aromatic N) is 5. The number of para-hydroxylation sites is 1. The molecule has 0 aliphatic heterocycles. The summed E-state index contributed by atoms with van der Waals surface area (Å²) in [5.41, 5.74) is 1.89. The lowest BCUT2D eigenvalue weighted by Gasteiger charge is -2.14. The zero-order valence-electron chi connectivity index (χ0n) is 16.8. The first-order valence-electron chi connectivity index (χ1n) is 9.24. The van der Waals surface area contributed by atoms with E-state index in [2.05, 4.69) is 36.0 Å². The Balaban J connectivity index is 0.00000300. The van der Waals surface area contributed by atoms with Crippen molar-refractivity contribution in [3.8, 4) is 5.75 Å². The second kappa shape index (κ2) is 11.4. The standard InChI is InChI=1S/C19H26N8O.HI/c1-4-28-16-8-6-5-7-14(16)11-23-19(20-2)22-10-9-21-17-15-12-26-27(3)18(15)25-13-24-17;/h5-8,12-13H,4,9-11H2,1-3H3,(H2,20,22,23)(H,21,24,25);1H. The fourth-order valence-electron chi connectivity index (χ4n) is 2.81. The normalized spacial score (nSPS) is 11.1. The maximum atomic E-state index is 5.66. The minimum atomic E-state index is 0. The number of aliphatic imine (C=N–C) groups is 1. The number of guanidine groups is 1. The highest BCUT2D eigenvalue weighted by atomic mass is 127. The number of hydrogen-bond donors (Lipinski definition) is 3. The van der Waals surface area contributed by atoms with Gasteiger partial charge in [-0.25, -0.2) is 9.97 Å². The molecule has 10 heteroatoms. The summed E-state index contributed by atoms with van der Waals surface area (Å²) in [5.74, 6) is 2.38. The Hall–Kier alpha value is -2.63. The van der Waals surface area contributed by atoms with Crippen molar-refractivity contribution >= 4 is 46.8 Å². The molecular formula is C19H27IN8O. The number of halogens is 1. The van der Waals surface area contributed by atoms with E-state index in [1.807, 2.05) is 38.2 Å². The van der Waals surface area contributed by atoms with Crippen LogP contribution in [0, 0.1) is 0 Å². The monoisotopic (exact) mass is 510 g/mol. The van der Waals surface area contributed by atoms with Crippen molar-refractivity contribution in [2.75, 3.05) is 32.1 Å². The third kappa shape index (κ3) is 5.92. The van der Waals surface area contributed by atoms with E-state index in [0.29, 0.717) is 26.2 Å². The van der Waals surface area contributed by atoms with Crippen molar-refractivity contribution < 1.29 is 4.74 Å². The zero-order valence-corrected chi connectivity index (χ0v) is 19.2. The molecule has 0 atom stereocenters. The molecule has 1 aromatic carbocycles. The maximum Gasteiger partial charge on any atom is 0.191 e. The van der Waals surface area contributed by atoms with Gasteiger partial charge in [-0.3, -0.25) is 9.67 Å². The van der Waals surface area contributed by atoms with E-state index in [4.69, 9.17) is 4.74 Å². The van der Waals surface area contributed by atoms with Crippen molar-refractivity contribution in [2.45, 2.75) is 13.5 Å². The van der Waals surface area contributed by atoms with Crippen LogP contribution in [0.2, 0.25) is 0 Å². The Morgan fingerprint density at radius 3 is 2.79 bits per heavy atom. The molecule has 0 radical (unpaired) electrons. The number of nitrogens with one attached hydrogen (secondary N) is 3. The number of ether oxygens (including phenoxy) is 1. The van der Waals surface area contributed by atoms with Crippen LogP contribution >= 0.6 is 24.0 Å². The maximum absolute atomic E-state index is 5.66.